The van der Waals surface area contributed by atoms with Gasteiger partial charge in [0.05, 0.1) is 5.75 Å². The van der Waals surface area contributed by atoms with Gasteiger partial charge in [-0.15, -0.1) is 5.10 Å². The minimum atomic E-state index is -0.296. The average Bonchev–Trinajstić information content (AvgIpc) is 3.22. The summed E-state index contributed by atoms with van der Waals surface area (Å²) in [7, 11) is 0. The molecular formula is C17H15FN6OS. The Kier molecular flexibility index (Phi) is 4.15. The molecule has 0 aliphatic carbocycles. The molecule has 0 aliphatic heterocycles. The van der Waals surface area contributed by atoms with Gasteiger partial charge in [0.2, 0.25) is 16.9 Å². The highest BCUT2D eigenvalue weighted by molar-refractivity contribution is 7.98. The molecule has 26 heavy (non-hydrogen) atoms. The number of halogens is 1. The van der Waals surface area contributed by atoms with Crippen LogP contribution in [-0.4, -0.2) is 29.7 Å². The fourth-order valence-electron chi connectivity index (χ4n) is 2.50. The van der Waals surface area contributed by atoms with Gasteiger partial charge in [-0.2, -0.15) is 9.97 Å². The monoisotopic (exact) mass is 370 g/mol. The smallest absolute Gasteiger partial charge is 0.253 e. The molecule has 0 spiro atoms. The SMILES string of the molecule is Cc1cc(C)n2nc(SCc3nc(-c4ccc(C)c(F)c4)no3)nc2n1. The Labute approximate surface area is 152 Å². The zero-order chi connectivity index (χ0) is 18.3. The van der Waals surface area contributed by atoms with Crippen molar-refractivity contribution in [3.63, 3.8) is 0 Å². The summed E-state index contributed by atoms with van der Waals surface area (Å²) in [4.78, 5) is 13.1. The van der Waals surface area contributed by atoms with Crippen LogP contribution in [0.15, 0.2) is 33.9 Å². The highest BCUT2D eigenvalue weighted by atomic mass is 32.2. The van der Waals surface area contributed by atoms with Crippen molar-refractivity contribution in [1.29, 1.82) is 0 Å². The topological polar surface area (TPSA) is 82.0 Å². The molecule has 1 aromatic carbocycles. The molecule has 0 bridgehead atoms. The van der Waals surface area contributed by atoms with Gasteiger partial charge in [0.15, 0.2) is 0 Å². The lowest BCUT2D eigenvalue weighted by molar-refractivity contribution is 0.391. The lowest BCUT2D eigenvalue weighted by atomic mass is 10.1. The van der Waals surface area contributed by atoms with Gasteiger partial charge in [-0.1, -0.05) is 29.1 Å². The molecule has 0 N–H and O–H groups in total. The van der Waals surface area contributed by atoms with E-state index in [0.29, 0.717) is 39.5 Å². The zero-order valence-corrected chi connectivity index (χ0v) is 15.2. The van der Waals surface area contributed by atoms with E-state index < -0.39 is 0 Å². The summed E-state index contributed by atoms with van der Waals surface area (Å²) < 4.78 is 20.6. The zero-order valence-electron chi connectivity index (χ0n) is 14.4. The van der Waals surface area contributed by atoms with Crippen molar-refractivity contribution < 1.29 is 8.91 Å². The Bertz CT molecular complexity index is 1110. The number of rotatable bonds is 4. The van der Waals surface area contributed by atoms with Crippen LogP contribution < -0.4 is 0 Å². The van der Waals surface area contributed by atoms with E-state index in [1.54, 1.807) is 23.6 Å². The normalized spacial score (nSPS) is 11.4. The molecule has 0 radical (unpaired) electrons. The summed E-state index contributed by atoms with van der Waals surface area (Å²) in [5, 5.41) is 8.91. The molecule has 0 atom stereocenters. The lowest BCUT2D eigenvalue weighted by Gasteiger charge is -1.97. The Morgan fingerprint density at radius 3 is 2.77 bits per heavy atom. The van der Waals surface area contributed by atoms with Crippen LogP contribution in [0.25, 0.3) is 17.2 Å². The number of hydrogen-bond acceptors (Lipinski definition) is 7. The summed E-state index contributed by atoms with van der Waals surface area (Å²) >= 11 is 1.37. The van der Waals surface area contributed by atoms with Crippen molar-refractivity contribution in [2.75, 3.05) is 0 Å². The molecular weight excluding hydrogens is 355 g/mol. The van der Waals surface area contributed by atoms with E-state index in [2.05, 4.69) is 25.2 Å². The van der Waals surface area contributed by atoms with Crippen LogP contribution >= 0.6 is 11.8 Å². The second-order valence-electron chi connectivity index (χ2n) is 5.91. The third-order valence-electron chi connectivity index (χ3n) is 3.82. The molecule has 0 aliphatic rings. The first-order valence-electron chi connectivity index (χ1n) is 7.92. The molecule has 0 fully saturated rings. The average molecular weight is 370 g/mol. The fourth-order valence-corrected chi connectivity index (χ4v) is 3.15. The van der Waals surface area contributed by atoms with Gasteiger partial charge >= 0.3 is 0 Å². The molecule has 0 saturated carbocycles. The van der Waals surface area contributed by atoms with Crippen LogP contribution in [-0.2, 0) is 5.75 Å². The van der Waals surface area contributed by atoms with E-state index in [1.165, 1.54) is 17.8 Å². The number of fused-ring (bicyclic) bond motifs is 1. The largest absolute Gasteiger partial charge is 0.338 e. The summed E-state index contributed by atoms with van der Waals surface area (Å²) in [5.41, 5.74) is 3.01. The van der Waals surface area contributed by atoms with Gasteiger partial charge in [-0.05, 0) is 38.5 Å². The third kappa shape index (κ3) is 3.17. The first-order valence-corrected chi connectivity index (χ1v) is 8.91. The van der Waals surface area contributed by atoms with Crippen LogP contribution in [0, 0.1) is 26.6 Å². The molecule has 3 heterocycles. The maximum absolute atomic E-state index is 13.7. The second-order valence-corrected chi connectivity index (χ2v) is 6.85. The molecule has 4 rings (SSSR count). The van der Waals surface area contributed by atoms with Crippen molar-refractivity contribution in [3.05, 3.63) is 52.9 Å². The molecule has 7 nitrogen and oxygen atoms in total. The minimum absolute atomic E-state index is 0.296. The fraction of sp³-hybridized carbons (Fsp3) is 0.235. The summed E-state index contributed by atoms with van der Waals surface area (Å²) in [5.74, 6) is 1.46. The van der Waals surface area contributed by atoms with E-state index in [0.717, 1.165) is 11.4 Å². The van der Waals surface area contributed by atoms with Gasteiger partial charge in [0.25, 0.3) is 5.78 Å². The van der Waals surface area contributed by atoms with Gasteiger partial charge in [0.1, 0.15) is 5.82 Å². The van der Waals surface area contributed by atoms with Crippen molar-refractivity contribution in [1.82, 2.24) is 29.7 Å². The number of hydrogen-bond donors (Lipinski definition) is 0. The molecule has 3 aromatic heterocycles. The maximum atomic E-state index is 13.7. The molecule has 132 valence electrons. The quantitative estimate of drug-likeness (QED) is 0.508. The maximum Gasteiger partial charge on any atom is 0.253 e. The number of thioether (sulfide) groups is 1. The molecule has 0 amide bonds. The first kappa shape index (κ1) is 16.6. The van der Waals surface area contributed by atoms with Crippen LogP contribution in [0.4, 0.5) is 4.39 Å². The first-order chi connectivity index (χ1) is 12.5. The van der Waals surface area contributed by atoms with E-state index in [1.807, 2.05) is 19.9 Å². The predicted octanol–water partition coefficient (Wildman–Crippen LogP) is 3.53. The summed E-state index contributed by atoms with van der Waals surface area (Å²) in [6.07, 6.45) is 0. The molecule has 0 saturated heterocycles. The number of aromatic nitrogens is 6. The van der Waals surface area contributed by atoms with Crippen LogP contribution in [0.1, 0.15) is 22.8 Å². The van der Waals surface area contributed by atoms with Gasteiger partial charge in [-0.25, -0.2) is 13.9 Å². The van der Waals surface area contributed by atoms with Gasteiger partial charge in [0, 0.05) is 17.0 Å². The third-order valence-corrected chi connectivity index (χ3v) is 4.64. The van der Waals surface area contributed by atoms with E-state index >= 15 is 0 Å². The number of nitrogens with zero attached hydrogens (tertiary/aromatic N) is 6. The van der Waals surface area contributed by atoms with Crippen molar-refractivity contribution >= 4 is 17.5 Å². The second kappa shape index (κ2) is 6.49. The predicted molar refractivity (Wildman–Crippen MR) is 94.2 cm³/mol. The Balaban J connectivity index is 1.51. The van der Waals surface area contributed by atoms with Gasteiger partial charge < -0.3 is 4.52 Å². The Morgan fingerprint density at radius 1 is 1.12 bits per heavy atom. The number of benzene rings is 1. The molecule has 4 aromatic rings. The summed E-state index contributed by atoms with van der Waals surface area (Å²) in [6.45, 7) is 5.58. The van der Waals surface area contributed by atoms with Crippen molar-refractivity contribution in [2.24, 2.45) is 0 Å². The van der Waals surface area contributed by atoms with Crippen LogP contribution in [0.3, 0.4) is 0 Å². The highest BCUT2D eigenvalue weighted by Gasteiger charge is 2.13. The Morgan fingerprint density at radius 2 is 1.96 bits per heavy atom. The standard InChI is InChI=1S/C17H15FN6OS/c1-9-4-5-12(7-13(9)18)15-20-14(25-23-15)8-26-17-21-16-19-10(2)6-11(3)24(16)22-17/h4-7H,8H2,1-3H3. The molecule has 9 heteroatoms. The van der Waals surface area contributed by atoms with Crippen LogP contribution in [0.2, 0.25) is 0 Å². The van der Waals surface area contributed by atoms with Crippen LogP contribution in [0.5, 0.6) is 0 Å². The van der Waals surface area contributed by atoms with Crippen molar-refractivity contribution in [2.45, 2.75) is 31.7 Å². The molecule has 0 unspecified atom stereocenters. The Hall–Kier alpha value is -2.81. The minimum Gasteiger partial charge on any atom is -0.338 e. The summed E-state index contributed by atoms with van der Waals surface area (Å²) in [6, 6.07) is 6.80. The van der Waals surface area contributed by atoms with E-state index in [-0.39, 0.29) is 5.82 Å². The van der Waals surface area contributed by atoms with Gasteiger partial charge in [-0.3, -0.25) is 0 Å². The number of aryl methyl sites for hydroxylation is 3. The van der Waals surface area contributed by atoms with E-state index in [9.17, 15) is 4.39 Å². The lowest BCUT2D eigenvalue weighted by Crippen LogP contribution is -1.97. The highest BCUT2D eigenvalue weighted by Crippen LogP contribution is 2.23. The van der Waals surface area contributed by atoms with Crippen molar-refractivity contribution in [3.8, 4) is 11.4 Å². The van der Waals surface area contributed by atoms with E-state index in [4.69, 9.17) is 4.52 Å².